The van der Waals surface area contributed by atoms with Crippen LogP contribution in [0, 0.1) is 0 Å². The molecule has 0 aliphatic rings. The summed E-state index contributed by atoms with van der Waals surface area (Å²) in [6.45, 7) is 1.84. The smallest absolute Gasteiger partial charge is 0.407 e. The van der Waals surface area contributed by atoms with Crippen molar-refractivity contribution < 1.29 is 14.3 Å². The highest BCUT2D eigenvalue weighted by Gasteiger charge is 2.10. The van der Waals surface area contributed by atoms with E-state index in [0.717, 1.165) is 0 Å². The van der Waals surface area contributed by atoms with Gasteiger partial charge in [-0.2, -0.15) is 0 Å². The molecule has 0 bridgehead atoms. The second-order valence-electron chi connectivity index (χ2n) is 2.71. The lowest BCUT2D eigenvalue weighted by molar-refractivity contribution is -0.0302. The van der Waals surface area contributed by atoms with E-state index in [1.807, 2.05) is 25.1 Å². The highest BCUT2D eigenvalue weighted by Crippen LogP contribution is 2.12. The second-order valence-corrected chi connectivity index (χ2v) is 2.71. The number of amides is 1. The highest BCUT2D eigenvalue weighted by atomic mass is 16.7. The van der Waals surface area contributed by atoms with Gasteiger partial charge in [-0.1, -0.05) is 25.1 Å². The van der Waals surface area contributed by atoms with Crippen LogP contribution in [-0.4, -0.2) is 12.4 Å². The molecule has 0 fully saturated rings. The second kappa shape index (κ2) is 5.11. The minimum Gasteiger partial charge on any atom is -0.455 e. The van der Waals surface area contributed by atoms with Gasteiger partial charge in [-0.3, -0.25) is 0 Å². The van der Waals surface area contributed by atoms with E-state index in [4.69, 9.17) is 15.2 Å². The van der Waals surface area contributed by atoms with Gasteiger partial charge in [0.05, 0.1) is 0 Å². The molecule has 4 heteroatoms. The van der Waals surface area contributed by atoms with Crippen molar-refractivity contribution in [2.45, 2.75) is 19.6 Å². The summed E-state index contributed by atoms with van der Waals surface area (Å²) in [5.41, 5.74) is 4.88. The van der Waals surface area contributed by atoms with Crippen molar-refractivity contribution in [2.75, 3.05) is 0 Å². The molecule has 1 aromatic carbocycles. The molecule has 0 spiro atoms. The number of rotatable bonds is 4. The summed E-state index contributed by atoms with van der Waals surface area (Å²) in [5.74, 6) is 0.653. The SMILES string of the molecule is CCC(OC(N)=O)Oc1ccccc1. The first-order chi connectivity index (χ1) is 6.72. The maximum atomic E-state index is 10.5. The van der Waals surface area contributed by atoms with Gasteiger partial charge in [0, 0.05) is 6.42 Å². The Morgan fingerprint density at radius 3 is 2.57 bits per heavy atom. The molecule has 0 saturated carbocycles. The Morgan fingerprint density at radius 1 is 1.43 bits per heavy atom. The van der Waals surface area contributed by atoms with E-state index in [0.29, 0.717) is 12.2 Å². The molecule has 76 valence electrons. The molecule has 1 atom stereocenters. The van der Waals surface area contributed by atoms with Crippen molar-refractivity contribution in [3.05, 3.63) is 30.3 Å². The predicted octanol–water partition coefficient (Wildman–Crippen LogP) is 1.90. The molecule has 0 saturated heterocycles. The van der Waals surface area contributed by atoms with Crippen molar-refractivity contribution in [3.8, 4) is 5.75 Å². The molecule has 0 aliphatic heterocycles. The average Bonchev–Trinajstić information content (AvgIpc) is 2.17. The van der Waals surface area contributed by atoms with E-state index in [9.17, 15) is 4.79 Å². The summed E-state index contributed by atoms with van der Waals surface area (Å²) in [4.78, 5) is 10.5. The Hall–Kier alpha value is -1.71. The normalized spacial score (nSPS) is 11.8. The van der Waals surface area contributed by atoms with Gasteiger partial charge < -0.3 is 15.2 Å². The number of carbonyl (C=O) groups excluding carboxylic acids is 1. The van der Waals surface area contributed by atoms with Gasteiger partial charge in [0.2, 0.25) is 6.29 Å². The minimum atomic E-state index is -0.826. The fourth-order valence-electron chi connectivity index (χ4n) is 0.971. The first-order valence-corrected chi connectivity index (χ1v) is 4.40. The first-order valence-electron chi connectivity index (χ1n) is 4.40. The van der Waals surface area contributed by atoms with Crippen LogP contribution in [-0.2, 0) is 4.74 Å². The topological polar surface area (TPSA) is 61.5 Å². The zero-order valence-corrected chi connectivity index (χ0v) is 7.97. The van der Waals surface area contributed by atoms with Crippen molar-refractivity contribution in [2.24, 2.45) is 5.73 Å². The summed E-state index contributed by atoms with van der Waals surface area (Å²) in [6, 6.07) is 9.13. The summed E-state index contributed by atoms with van der Waals surface area (Å²) in [7, 11) is 0. The third-order valence-electron chi connectivity index (χ3n) is 1.59. The average molecular weight is 195 g/mol. The van der Waals surface area contributed by atoms with E-state index in [2.05, 4.69) is 0 Å². The van der Waals surface area contributed by atoms with Crippen molar-refractivity contribution >= 4 is 6.09 Å². The molecule has 0 aromatic heterocycles. The van der Waals surface area contributed by atoms with Gasteiger partial charge in [-0.15, -0.1) is 0 Å². The third kappa shape index (κ3) is 3.35. The predicted molar refractivity (Wildman–Crippen MR) is 51.8 cm³/mol. The Bertz CT molecular complexity index is 287. The summed E-state index contributed by atoms with van der Waals surface area (Å²) >= 11 is 0. The lowest BCUT2D eigenvalue weighted by atomic mass is 10.3. The van der Waals surface area contributed by atoms with E-state index in [1.54, 1.807) is 12.1 Å². The lowest BCUT2D eigenvalue weighted by Crippen LogP contribution is -2.26. The van der Waals surface area contributed by atoms with Gasteiger partial charge >= 0.3 is 6.09 Å². The molecule has 1 amide bonds. The molecule has 0 aliphatic carbocycles. The summed E-state index contributed by atoms with van der Waals surface area (Å²) in [6.07, 6.45) is -0.889. The number of carbonyl (C=O) groups is 1. The van der Waals surface area contributed by atoms with Gasteiger partial charge in [0.1, 0.15) is 5.75 Å². The maximum absolute atomic E-state index is 10.5. The van der Waals surface area contributed by atoms with Gasteiger partial charge in [0.25, 0.3) is 0 Å². The first kappa shape index (κ1) is 10.4. The number of ether oxygens (including phenoxy) is 2. The third-order valence-corrected chi connectivity index (χ3v) is 1.59. The Balaban J connectivity index is 2.53. The van der Waals surface area contributed by atoms with Crippen LogP contribution in [0.3, 0.4) is 0 Å². The van der Waals surface area contributed by atoms with E-state index >= 15 is 0 Å². The van der Waals surface area contributed by atoms with Gasteiger partial charge in [0.15, 0.2) is 0 Å². The molecule has 1 unspecified atom stereocenters. The largest absolute Gasteiger partial charge is 0.455 e. The molecule has 1 aromatic rings. The Kier molecular flexibility index (Phi) is 3.79. The molecule has 14 heavy (non-hydrogen) atoms. The maximum Gasteiger partial charge on any atom is 0.407 e. The van der Waals surface area contributed by atoms with Crippen LogP contribution >= 0.6 is 0 Å². The molecular formula is C10H13NO3. The number of para-hydroxylation sites is 1. The van der Waals surface area contributed by atoms with Crippen LogP contribution in [0.25, 0.3) is 0 Å². The fraction of sp³-hybridized carbons (Fsp3) is 0.300. The minimum absolute atomic E-state index is 0.553. The molecular weight excluding hydrogens is 182 g/mol. The number of benzene rings is 1. The van der Waals surface area contributed by atoms with E-state index in [1.165, 1.54) is 0 Å². The van der Waals surface area contributed by atoms with Crippen LogP contribution in [0.4, 0.5) is 4.79 Å². The van der Waals surface area contributed by atoms with Crippen LogP contribution in [0.1, 0.15) is 13.3 Å². The summed E-state index contributed by atoms with van der Waals surface area (Å²) < 4.78 is 10.1. The molecule has 1 rings (SSSR count). The molecule has 0 radical (unpaired) electrons. The highest BCUT2D eigenvalue weighted by molar-refractivity contribution is 5.64. The van der Waals surface area contributed by atoms with Crippen LogP contribution in [0.15, 0.2) is 30.3 Å². The Morgan fingerprint density at radius 2 is 2.07 bits per heavy atom. The summed E-state index contributed by atoms with van der Waals surface area (Å²) in [5, 5.41) is 0. The number of primary amides is 1. The van der Waals surface area contributed by atoms with Gasteiger partial charge in [-0.05, 0) is 12.1 Å². The fourth-order valence-corrected chi connectivity index (χ4v) is 0.971. The standard InChI is InChI=1S/C10H13NO3/c1-2-9(14-10(11)12)13-8-6-4-3-5-7-8/h3-7,9H,2H2,1H3,(H2,11,12). The van der Waals surface area contributed by atoms with Crippen LogP contribution < -0.4 is 10.5 Å². The number of hydrogen-bond donors (Lipinski definition) is 1. The van der Waals surface area contributed by atoms with E-state index in [-0.39, 0.29) is 0 Å². The number of nitrogens with two attached hydrogens (primary N) is 1. The van der Waals surface area contributed by atoms with Crippen molar-refractivity contribution in [1.29, 1.82) is 0 Å². The molecule has 4 nitrogen and oxygen atoms in total. The lowest BCUT2D eigenvalue weighted by Gasteiger charge is -2.16. The van der Waals surface area contributed by atoms with Crippen LogP contribution in [0.2, 0.25) is 0 Å². The molecule has 0 heterocycles. The van der Waals surface area contributed by atoms with Crippen LogP contribution in [0.5, 0.6) is 5.75 Å². The monoisotopic (exact) mass is 195 g/mol. The zero-order chi connectivity index (χ0) is 10.4. The van der Waals surface area contributed by atoms with Crippen molar-refractivity contribution in [1.82, 2.24) is 0 Å². The molecule has 2 N–H and O–H groups in total. The van der Waals surface area contributed by atoms with E-state index < -0.39 is 12.4 Å². The quantitative estimate of drug-likeness (QED) is 0.746. The number of hydrogen-bond acceptors (Lipinski definition) is 3. The zero-order valence-electron chi connectivity index (χ0n) is 7.97. The Labute approximate surface area is 82.6 Å². The van der Waals surface area contributed by atoms with Crippen molar-refractivity contribution in [3.63, 3.8) is 0 Å². The van der Waals surface area contributed by atoms with Gasteiger partial charge in [-0.25, -0.2) is 4.79 Å².